The summed E-state index contributed by atoms with van der Waals surface area (Å²) >= 11 is 0. The molecule has 1 heterocycles. The topological polar surface area (TPSA) is 51.5 Å². The summed E-state index contributed by atoms with van der Waals surface area (Å²) in [5.41, 5.74) is 0. The van der Waals surface area contributed by atoms with Crippen LogP contribution >= 0.6 is 0 Å². The van der Waals surface area contributed by atoms with Crippen LogP contribution in [0.15, 0.2) is 53.0 Å². The summed E-state index contributed by atoms with van der Waals surface area (Å²) in [6, 6.07) is 13.2. The van der Waals surface area contributed by atoms with Gasteiger partial charge in [-0.1, -0.05) is 18.2 Å². The van der Waals surface area contributed by atoms with Gasteiger partial charge in [-0.2, -0.15) is 0 Å². The summed E-state index contributed by atoms with van der Waals surface area (Å²) in [5.74, 6) is 2.11. The van der Waals surface area contributed by atoms with Crippen molar-refractivity contribution in [1.29, 1.82) is 0 Å². The number of amides is 1. The number of benzene rings is 1. The molecule has 0 aliphatic rings. The van der Waals surface area contributed by atoms with E-state index in [1.165, 1.54) is 6.08 Å². The van der Waals surface area contributed by atoms with E-state index in [1.807, 2.05) is 49.4 Å². The first kappa shape index (κ1) is 13.9. The highest BCUT2D eigenvalue weighted by Gasteiger charge is 1.97. The van der Waals surface area contributed by atoms with Crippen LogP contribution in [-0.2, 0) is 4.79 Å². The number of para-hydroxylation sites is 1. The molecule has 1 aromatic heterocycles. The number of hydrogen-bond donors (Lipinski definition) is 1. The maximum Gasteiger partial charge on any atom is 0.244 e. The van der Waals surface area contributed by atoms with Crippen molar-refractivity contribution in [3.63, 3.8) is 0 Å². The molecular formula is C16H17NO3. The Hall–Kier alpha value is -2.49. The molecule has 4 nitrogen and oxygen atoms in total. The molecule has 0 radical (unpaired) electrons. The Kier molecular flexibility index (Phi) is 5.00. The van der Waals surface area contributed by atoms with Crippen LogP contribution in [0.2, 0.25) is 0 Å². The molecule has 0 saturated carbocycles. The van der Waals surface area contributed by atoms with Crippen LogP contribution in [0.5, 0.6) is 5.75 Å². The summed E-state index contributed by atoms with van der Waals surface area (Å²) in [6.45, 7) is 2.75. The van der Waals surface area contributed by atoms with Crippen molar-refractivity contribution in [3.8, 4) is 5.75 Å². The van der Waals surface area contributed by atoms with Gasteiger partial charge >= 0.3 is 0 Å². The van der Waals surface area contributed by atoms with Crippen LogP contribution in [0, 0.1) is 6.92 Å². The zero-order valence-electron chi connectivity index (χ0n) is 11.3. The lowest BCUT2D eigenvalue weighted by Crippen LogP contribution is -2.26. The normalized spacial score (nSPS) is 10.7. The third-order valence-electron chi connectivity index (χ3n) is 2.57. The molecule has 0 bridgehead atoms. The van der Waals surface area contributed by atoms with Gasteiger partial charge in [0.15, 0.2) is 0 Å². The second kappa shape index (κ2) is 7.19. The van der Waals surface area contributed by atoms with Crippen molar-refractivity contribution in [2.45, 2.75) is 6.92 Å². The van der Waals surface area contributed by atoms with Crippen LogP contribution in [0.1, 0.15) is 11.5 Å². The van der Waals surface area contributed by atoms with E-state index in [0.29, 0.717) is 18.9 Å². The van der Waals surface area contributed by atoms with Crippen molar-refractivity contribution in [2.75, 3.05) is 13.2 Å². The molecule has 0 aliphatic heterocycles. The SMILES string of the molecule is Cc1ccc(/C=C/C(=O)NCCOc2ccccc2)o1. The minimum absolute atomic E-state index is 0.171. The standard InChI is InChI=1S/C16H17NO3/c1-13-7-8-15(20-13)9-10-16(18)17-11-12-19-14-5-3-2-4-6-14/h2-10H,11-12H2,1H3,(H,17,18)/b10-9+. The quantitative estimate of drug-likeness (QED) is 0.649. The Balaban J connectivity index is 1.66. The highest BCUT2D eigenvalue weighted by molar-refractivity contribution is 5.91. The second-order valence-electron chi connectivity index (χ2n) is 4.23. The first-order valence-electron chi connectivity index (χ1n) is 6.44. The molecule has 104 valence electrons. The van der Waals surface area contributed by atoms with E-state index in [4.69, 9.17) is 9.15 Å². The van der Waals surface area contributed by atoms with Crippen LogP contribution in [0.4, 0.5) is 0 Å². The molecule has 1 N–H and O–H groups in total. The summed E-state index contributed by atoms with van der Waals surface area (Å²) in [7, 11) is 0. The number of ether oxygens (including phenoxy) is 1. The summed E-state index contributed by atoms with van der Waals surface area (Å²) in [6.07, 6.45) is 3.08. The monoisotopic (exact) mass is 271 g/mol. The van der Waals surface area contributed by atoms with Gasteiger partial charge in [0.2, 0.25) is 5.91 Å². The molecule has 0 fully saturated rings. The lowest BCUT2D eigenvalue weighted by Gasteiger charge is -2.05. The summed E-state index contributed by atoms with van der Waals surface area (Å²) in [5, 5.41) is 2.74. The van der Waals surface area contributed by atoms with Crippen LogP contribution < -0.4 is 10.1 Å². The van der Waals surface area contributed by atoms with Gasteiger partial charge in [-0.25, -0.2) is 0 Å². The first-order valence-corrected chi connectivity index (χ1v) is 6.44. The van der Waals surface area contributed by atoms with Gasteiger partial charge in [-0.3, -0.25) is 4.79 Å². The number of hydrogen-bond acceptors (Lipinski definition) is 3. The number of aryl methyl sites for hydroxylation is 1. The third kappa shape index (κ3) is 4.65. The smallest absolute Gasteiger partial charge is 0.244 e. The molecule has 2 aromatic rings. The Labute approximate surface area is 118 Å². The molecule has 20 heavy (non-hydrogen) atoms. The van der Waals surface area contributed by atoms with Crippen LogP contribution in [-0.4, -0.2) is 19.1 Å². The van der Waals surface area contributed by atoms with Crippen molar-refractivity contribution >= 4 is 12.0 Å². The summed E-state index contributed by atoms with van der Waals surface area (Å²) in [4.78, 5) is 11.5. The molecule has 1 aromatic carbocycles. The van der Waals surface area contributed by atoms with Crippen LogP contribution in [0.3, 0.4) is 0 Å². The van der Waals surface area contributed by atoms with Gasteiger partial charge in [0, 0.05) is 6.08 Å². The minimum atomic E-state index is -0.171. The molecule has 0 aliphatic carbocycles. The predicted molar refractivity (Wildman–Crippen MR) is 77.4 cm³/mol. The molecule has 0 spiro atoms. The summed E-state index contributed by atoms with van der Waals surface area (Å²) < 4.78 is 10.8. The average molecular weight is 271 g/mol. The Bertz CT molecular complexity index is 572. The van der Waals surface area contributed by atoms with Crippen molar-refractivity contribution in [1.82, 2.24) is 5.32 Å². The lowest BCUT2D eigenvalue weighted by molar-refractivity contribution is -0.116. The van der Waals surface area contributed by atoms with Gasteiger partial charge in [-0.15, -0.1) is 0 Å². The number of nitrogens with one attached hydrogen (secondary N) is 1. The highest BCUT2D eigenvalue weighted by Crippen LogP contribution is 2.08. The predicted octanol–water partition coefficient (Wildman–Crippen LogP) is 2.80. The Morgan fingerprint density at radius 3 is 2.75 bits per heavy atom. The highest BCUT2D eigenvalue weighted by atomic mass is 16.5. The van der Waals surface area contributed by atoms with Crippen molar-refractivity contribution in [2.24, 2.45) is 0 Å². The number of carbonyl (C=O) groups is 1. The molecule has 0 saturated heterocycles. The molecule has 0 atom stereocenters. The van der Waals surface area contributed by atoms with Gasteiger partial charge < -0.3 is 14.5 Å². The molecule has 1 amide bonds. The molecule has 2 rings (SSSR count). The van der Waals surface area contributed by atoms with Crippen LogP contribution in [0.25, 0.3) is 6.08 Å². The van der Waals surface area contributed by atoms with Gasteiger partial charge in [-0.05, 0) is 37.3 Å². The van der Waals surface area contributed by atoms with E-state index in [0.717, 1.165) is 11.5 Å². The van der Waals surface area contributed by atoms with E-state index in [9.17, 15) is 4.79 Å². The first-order chi connectivity index (χ1) is 9.74. The minimum Gasteiger partial charge on any atom is -0.492 e. The fourth-order valence-electron chi connectivity index (χ4n) is 1.62. The molecular weight excluding hydrogens is 254 g/mol. The van der Waals surface area contributed by atoms with Gasteiger partial charge in [0.1, 0.15) is 23.9 Å². The second-order valence-corrected chi connectivity index (χ2v) is 4.23. The molecule has 0 unspecified atom stereocenters. The van der Waals surface area contributed by atoms with E-state index in [2.05, 4.69) is 5.32 Å². The fraction of sp³-hybridized carbons (Fsp3) is 0.188. The molecule has 4 heteroatoms. The maximum atomic E-state index is 11.5. The third-order valence-corrected chi connectivity index (χ3v) is 2.57. The zero-order chi connectivity index (χ0) is 14.2. The van der Waals surface area contributed by atoms with Crippen molar-refractivity contribution in [3.05, 3.63) is 60.1 Å². The fourth-order valence-corrected chi connectivity index (χ4v) is 1.62. The number of rotatable bonds is 6. The lowest BCUT2D eigenvalue weighted by atomic mass is 10.3. The largest absolute Gasteiger partial charge is 0.492 e. The zero-order valence-corrected chi connectivity index (χ0v) is 11.3. The van der Waals surface area contributed by atoms with E-state index < -0.39 is 0 Å². The van der Waals surface area contributed by atoms with E-state index in [1.54, 1.807) is 6.08 Å². The van der Waals surface area contributed by atoms with Crippen molar-refractivity contribution < 1.29 is 13.9 Å². The average Bonchev–Trinajstić information content (AvgIpc) is 2.88. The van der Waals surface area contributed by atoms with E-state index in [-0.39, 0.29) is 5.91 Å². The van der Waals surface area contributed by atoms with Gasteiger partial charge in [0.25, 0.3) is 0 Å². The Morgan fingerprint density at radius 2 is 2.05 bits per heavy atom. The van der Waals surface area contributed by atoms with E-state index >= 15 is 0 Å². The van der Waals surface area contributed by atoms with Gasteiger partial charge in [0.05, 0.1) is 6.54 Å². The number of carbonyl (C=O) groups excluding carboxylic acids is 1. The number of furan rings is 1. The maximum absolute atomic E-state index is 11.5. The Morgan fingerprint density at radius 1 is 1.25 bits per heavy atom.